The van der Waals surface area contributed by atoms with E-state index in [1.165, 1.54) is 0 Å². The van der Waals surface area contributed by atoms with Crippen molar-refractivity contribution in [1.29, 1.82) is 0 Å². The van der Waals surface area contributed by atoms with Gasteiger partial charge in [-0.3, -0.25) is 9.78 Å². The summed E-state index contributed by atoms with van der Waals surface area (Å²) in [4.78, 5) is 29.2. The zero-order valence-electron chi connectivity index (χ0n) is 16.0. The van der Waals surface area contributed by atoms with Crippen LogP contribution in [0.25, 0.3) is 10.9 Å². The van der Waals surface area contributed by atoms with Crippen LogP contribution >= 0.6 is 11.6 Å². The molecule has 0 spiro atoms. The predicted octanol–water partition coefficient (Wildman–Crippen LogP) is 4.54. The molecule has 3 rings (SSSR count). The first-order valence-electron chi connectivity index (χ1n) is 8.94. The molecule has 6 heteroatoms. The van der Waals surface area contributed by atoms with Crippen LogP contribution in [0.15, 0.2) is 48.5 Å². The average molecular weight is 397 g/mol. The summed E-state index contributed by atoms with van der Waals surface area (Å²) in [7, 11) is 0. The molecule has 3 aromatic rings. The van der Waals surface area contributed by atoms with Gasteiger partial charge in [-0.15, -0.1) is 0 Å². The van der Waals surface area contributed by atoms with Crippen molar-refractivity contribution in [2.24, 2.45) is 0 Å². The van der Waals surface area contributed by atoms with Gasteiger partial charge in [0.2, 0.25) is 0 Å². The molecule has 144 valence electrons. The molecular weight excluding hydrogens is 376 g/mol. The maximum absolute atomic E-state index is 12.6. The highest BCUT2D eigenvalue weighted by Crippen LogP contribution is 2.23. The maximum Gasteiger partial charge on any atom is 0.340 e. The number of pyridine rings is 1. The van der Waals surface area contributed by atoms with Gasteiger partial charge < -0.3 is 10.1 Å². The van der Waals surface area contributed by atoms with Crippen molar-refractivity contribution in [2.75, 3.05) is 6.61 Å². The van der Waals surface area contributed by atoms with Crippen molar-refractivity contribution in [3.63, 3.8) is 0 Å². The van der Waals surface area contributed by atoms with Gasteiger partial charge in [0.05, 0.1) is 22.8 Å². The summed E-state index contributed by atoms with van der Waals surface area (Å²) in [6.07, 6.45) is 0. The van der Waals surface area contributed by atoms with Crippen molar-refractivity contribution in [1.82, 2.24) is 10.3 Å². The van der Waals surface area contributed by atoms with Crippen molar-refractivity contribution in [2.45, 2.75) is 26.8 Å². The molecule has 0 saturated carbocycles. The Morgan fingerprint density at radius 1 is 1.11 bits per heavy atom. The molecule has 1 aromatic heterocycles. The second-order valence-electron chi connectivity index (χ2n) is 6.63. The number of halogens is 1. The summed E-state index contributed by atoms with van der Waals surface area (Å²) >= 11 is 5.88. The van der Waals surface area contributed by atoms with Crippen LogP contribution in [0.1, 0.15) is 40.1 Å². The van der Waals surface area contributed by atoms with E-state index in [1.807, 2.05) is 50.2 Å². The van der Waals surface area contributed by atoms with Crippen molar-refractivity contribution < 1.29 is 14.3 Å². The molecule has 0 bridgehead atoms. The minimum Gasteiger partial charge on any atom is -0.452 e. The fourth-order valence-electron chi connectivity index (χ4n) is 3.15. The molecule has 0 fully saturated rings. The molecule has 2 aromatic carbocycles. The number of nitrogens with one attached hydrogen (secondary N) is 1. The van der Waals surface area contributed by atoms with Crippen molar-refractivity contribution >= 4 is 34.4 Å². The summed E-state index contributed by atoms with van der Waals surface area (Å²) in [5.41, 5.74) is 3.51. The second kappa shape index (κ2) is 8.40. The smallest absolute Gasteiger partial charge is 0.340 e. The molecule has 0 aliphatic rings. The highest BCUT2D eigenvalue weighted by molar-refractivity contribution is 6.30. The first-order chi connectivity index (χ1) is 13.4. The van der Waals surface area contributed by atoms with Crippen molar-refractivity contribution in [3.05, 3.63) is 75.9 Å². The number of ether oxygens (including phenoxy) is 1. The Bertz CT molecular complexity index is 1030. The summed E-state index contributed by atoms with van der Waals surface area (Å²) in [6.45, 7) is 5.11. The van der Waals surface area contributed by atoms with E-state index < -0.39 is 5.97 Å². The Labute approximate surface area is 168 Å². The van der Waals surface area contributed by atoms with Crippen LogP contribution in [0.5, 0.6) is 0 Å². The lowest BCUT2D eigenvalue weighted by Gasteiger charge is -2.15. The monoisotopic (exact) mass is 396 g/mol. The quantitative estimate of drug-likeness (QED) is 0.643. The fraction of sp³-hybridized carbons (Fsp3) is 0.227. The van der Waals surface area contributed by atoms with Gasteiger partial charge in [0.1, 0.15) is 0 Å². The van der Waals surface area contributed by atoms with Crippen LogP contribution in [-0.2, 0) is 9.53 Å². The number of rotatable bonds is 5. The van der Waals surface area contributed by atoms with E-state index in [-0.39, 0.29) is 18.6 Å². The van der Waals surface area contributed by atoms with Gasteiger partial charge in [-0.05, 0) is 50.1 Å². The lowest BCUT2D eigenvalue weighted by Crippen LogP contribution is -2.31. The first-order valence-corrected chi connectivity index (χ1v) is 9.32. The third-order valence-electron chi connectivity index (χ3n) is 4.62. The highest BCUT2D eigenvalue weighted by Gasteiger charge is 2.19. The largest absolute Gasteiger partial charge is 0.452 e. The fourth-order valence-corrected chi connectivity index (χ4v) is 3.28. The number of aromatic nitrogens is 1. The molecular formula is C22H21ClN2O3. The number of aryl methyl sites for hydroxylation is 2. The minimum atomic E-state index is -0.553. The third-order valence-corrected chi connectivity index (χ3v) is 4.87. The summed E-state index contributed by atoms with van der Waals surface area (Å²) < 4.78 is 5.24. The second-order valence-corrected chi connectivity index (χ2v) is 7.07. The molecule has 0 saturated heterocycles. The van der Waals surface area contributed by atoms with E-state index in [9.17, 15) is 9.59 Å². The van der Waals surface area contributed by atoms with Crippen LogP contribution in [0, 0.1) is 13.8 Å². The van der Waals surface area contributed by atoms with Gasteiger partial charge in [0.25, 0.3) is 5.91 Å². The first kappa shape index (κ1) is 19.8. The number of nitrogens with zero attached hydrogens (tertiary/aromatic N) is 1. The predicted molar refractivity (Wildman–Crippen MR) is 110 cm³/mol. The molecule has 1 N–H and O–H groups in total. The number of carbonyl (C=O) groups is 2. The molecule has 0 aliphatic heterocycles. The molecule has 0 radical (unpaired) electrons. The molecule has 1 atom stereocenters. The summed E-state index contributed by atoms with van der Waals surface area (Å²) in [5.74, 6) is -0.928. The summed E-state index contributed by atoms with van der Waals surface area (Å²) in [6, 6.07) is 14.6. The molecule has 0 unspecified atom stereocenters. The Morgan fingerprint density at radius 2 is 1.79 bits per heavy atom. The lowest BCUT2D eigenvalue weighted by atomic mass is 10.0. The maximum atomic E-state index is 12.6. The number of para-hydroxylation sites is 1. The standard InChI is InChI=1S/C22H21ClN2O3/c1-13-18-6-4-5-7-19(18)24-15(3)21(13)22(27)28-12-20(26)25-14(2)16-8-10-17(23)11-9-16/h4-11,14H,12H2,1-3H3,(H,25,26)/t14-/m0/s1. The van der Waals surface area contributed by atoms with Gasteiger partial charge in [0.15, 0.2) is 6.61 Å². The van der Waals surface area contributed by atoms with E-state index >= 15 is 0 Å². The number of benzene rings is 2. The van der Waals surface area contributed by atoms with Gasteiger partial charge in [-0.1, -0.05) is 41.9 Å². The zero-order chi connectivity index (χ0) is 20.3. The molecule has 5 nitrogen and oxygen atoms in total. The van der Waals surface area contributed by atoms with Gasteiger partial charge in [-0.25, -0.2) is 4.79 Å². The van der Waals surface area contributed by atoms with Crippen LogP contribution in [0.2, 0.25) is 5.02 Å². The summed E-state index contributed by atoms with van der Waals surface area (Å²) in [5, 5.41) is 4.33. The normalized spacial score (nSPS) is 11.9. The Morgan fingerprint density at radius 3 is 2.50 bits per heavy atom. The van der Waals surface area contributed by atoms with Gasteiger partial charge in [-0.2, -0.15) is 0 Å². The van der Waals surface area contributed by atoms with E-state index in [1.54, 1.807) is 19.1 Å². The number of hydrogen-bond donors (Lipinski definition) is 1. The third kappa shape index (κ3) is 4.31. The van der Waals surface area contributed by atoms with E-state index in [2.05, 4.69) is 10.3 Å². The van der Waals surface area contributed by atoms with Crippen LogP contribution in [0.4, 0.5) is 0 Å². The number of esters is 1. The molecule has 28 heavy (non-hydrogen) atoms. The number of carbonyl (C=O) groups excluding carboxylic acids is 2. The van der Waals surface area contributed by atoms with E-state index in [0.29, 0.717) is 16.3 Å². The van der Waals surface area contributed by atoms with Gasteiger partial charge in [0, 0.05) is 10.4 Å². The van der Waals surface area contributed by atoms with Crippen LogP contribution in [0.3, 0.4) is 0 Å². The highest BCUT2D eigenvalue weighted by atomic mass is 35.5. The van der Waals surface area contributed by atoms with Gasteiger partial charge >= 0.3 is 5.97 Å². The Kier molecular flexibility index (Phi) is 5.95. The van der Waals surface area contributed by atoms with E-state index in [4.69, 9.17) is 16.3 Å². The Balaban J connectivity index is 1.66. The number of amides is 1. The lowest BCUT2D eigenvalue weighted by molar-refractivity contribution is -0.124. The SMILES string of the molecule is Cc1nc2ccccc2c(C)c1C(=O)OCC(=O)N[C@@H](C)c1ccc(Cl)cc1. The molecule has 1 heterocycles. The average Bonchev–Trinajstić information content (AvgIpc) is 2.67. The van der Waals surface area contributed by atoms with Crippen molar-refractivity contribution in [3.8, 4) is 0 Å². The number of hydrogen-bond acceptors (Lipinski definition) is 4. The Hall–Kier alpha value is -2.92. The number of fused-ring (bicyclic) bond motifs is 1. The van der Waals surface area contributed by atoms with Crippen LogP contribution in [-0.4, -0.2) is 23.5 Å². The molecule has 0 aliphatic carbocycles. The molecule has 1 amide bonds. The topological polar surface area (TPSA) is 68.3 Å². The van der Waals surface area contributed by atoms with E-state index in [0.717, 1.165) is 22.0 Å². The van der Waals surface area contributed by atoms with Crippen LogP contribution < -0.4 is 5.32 Å². The zero-order valence-corrected chi connectivity index (χ0v) is 16.7. The minimum absolute atomic E-state index is 0.228.